The van der Waals surface area contributed by atoms with Crippen LogP contribution >= 0.6 is 0 Å². The zero-order valence-electron chi connectivity index (χ0n) is 11.5. The Morgan fingerprint density at radius 3 is 0.947 bits per heavy atom. The quantitative estimate of drug-likeness (QED) is 0.411. The Kier molecular flexibility index (Phi) is 16.9. The molecule has 19 heavy (non-hydrogen) atoms. The topological polar surface area (TPSA) is 79.4 Å². The summed E-state index contributed by atoms with van der Waals surface area (Å²) in [5.41, 5.74) is 0. The second kappa shape index (κ2) is 16.5. The second-order valence-electron chi connectivity index (χ2n) is 4.02. The summed E-state index contributed by atoms with van der Waals surface area (Å²) in [4.78, 5) is 0. The van der Waals surface area contributed by atoms with Gasteiger partial charge in [-0.2, -0.15) is 0 Å². The fourth-order valence-corrected chi connectivity index (χ4v) is 1.52. The van der Waals surface area contributed by atoms with E-state index in [1.807, 2.05) is 0 Å². The van der Waals surface area contributed by atoms with Gasteiger partial charge in [0, 0.05) is 0 Å². The van der Waals surface area contributed by atoms with E-state index in [9.17, 15) is 0 Å². The third-order valence-electron chi connectivity index (χ3n) is 2.50. The van der Waals surface area contributed by atoms with Crippen molar-refractivity contribution < 1.29 is 40.0 Å². The summed E-state index contributed by atoms with van der Waals surface area (Å²) in [6.45, 7) is 9.78. The summed E-state index contributed by atoms with van der Waals surface area (Å²) in [5.74, 6) is 0. The van der Waals surface area contributed by atoms with Crippen LogP contribution in [-0.4, -0.2) is 98.0 Å². The molecule has 0 aromatic rings. The van der Waals surface area contributed by atoms with Crippen LogP contribution in [0.5, 0.6) is 0 Å². The molecule has 1 aliphatic heterocycles. The van der Waals surface area contributed by atoms with Gasteiger partial charge >= 0.3 is 21.1 Å². The molecule has 0 aromatic carbocycles. The molecule has 0 aromatic heterocycles. The van der Waals surface area contributed by atoms with Crippen molar-refractivity contribution in [3.63, 3.8) is 0 Å². The summed E-state index contributed by atoms with van der Waals surface area (Å²) < 4.78 is 17.5. The molecule has 1 heterocycles. The van der Waals surface area contributed by atoms with Crippen LogP contribution in [0.3, 0.4) is 0 Å². The van der Waals surface area contributed by atoms with E-state index in [1.54, 1.807) is 0 Å². The van der Waals surface area contributed by atoms with E-state index in [0.717, 1.165) is 79.0 Å². The van der Waals surface area contributed by atoms with Gasteiger partial charge in [0.15, 0.2) is 0 Å². The Bertz CT molecular complexity index is 103. The molecule has 4 N–H and O–H groups in total. The minimum Gasteiger partial charge on any atom is -0.650 e. The number of hydrogen-bond donors (Lipinski definition) is 0. The average molecular weight is 459 g/mol. The summed E-state index contributed by atoms with van der Waals surface area (Å²) >= 11 is 0. The standard InChI is InChI=1S/C12H24N2O4.Pt/c1-5-15-9-10-17-7-3-14-4-8-18-12-11-16-6-2-13-1;/h1-12H2;/q-2;+4/p+4. The van der Waals surface area contributed by atoms with E-state index in [1.165, 1.54) is 0 Å². The van der Waals surface area contributed by atoms with Crippen molar-refractivity contribution in [1.82, 2.24) is 0 Å². The fraction of sp³-hybridized carbons (Fsp3) is 1.00. The first-order valence-corrected chi connectivity index (χ1v) is 6.79. The van der Waals surface area contributed by atoms with Crippen molar-refractivity contribution in [2.24, 2.45) is 0 Å². The van der Waals surface area contributed by atoms with Gasteiger partial charge in [0.25, 0.3) is 0 Å². The fourth-order valence-electron chi connectivity index (χ4n) is 1.52. The zero-order valence-corrected chi connectivity index (χ0v) is 13.8. The van der Waals surface area contributed by atoms with Crippen LogP contribution in [0.1, 0.15) is 0 Å². The van der Waals surface area contributed by atoms with Crippen LogP contribution in [-0.2, 0) is 21.1 Å². The second-order valence-corrected chi connectivity index (χ2v) is 4.02. The molecule has 1 fully saturated rings. The van der Waals surface area contributed by atoms with Gasteiger partial charge in [0.05, 0.1) is 0 Å². The molecule has 0 radical (unpaired) electrons. The van der Waals surface area contributed by atoms with Crippen molar-refractivity contribution >= 4 is 0 Å². The summed E-state index contributed by atoms with van der Waals surface area (Å²) in [5, 5.41) is 8.74. The number of aliphatic hydroxyl groups is 8. The summed E-state index contributed by atoms with van der Waals surface area (Å²) in [7, 11) is 0. The van der Waals surface area contributed by atoms with Crippen LogP contribution in [0.25, 0.3) is 10.6 Å². The Morgan fingerprint density at radius 2 is 0.684 bits per heavy atom. The molecule has 114 valence electrons. The Labute approximate surface area is 130 Å². The summed E-state index contributed by atoms with van der Waals surface area (Å²) in [6.07, 6.45) is 0. The zero-order chi connectivity index (χ0) is 12.7. The average Bonchev–Trinajstić information content (AvgIpc) is 2.39. The van der Waals surface area contributed by atoms with Crippen LogP contribution in [0, 0.1) is 0 Å². The Balaban J connectivity index is 0.00000324. The van der Waals surface area contributed by atoms with Gasteiger partial charge in [-0.3, -0.25) is 0 Å². The van der Waals surface area contributed by atoms with Crippen molar-refractivity contribution in [2.45, 2.75) is 0 Å². The molecule has 6 nitrogen and oxygen atoms in total. The maximum Gasteiger partial charge on any atom is 4.00 e. The molecule has 0 unspecified atom stereocenters. The molecular formula is C12H28N2O4Pt+6. The predicted octanol–water partition coefficient (Wildman–Crippen LogP) is -1.14. The number of ether oxygens (including phenoxy) is 4. The van der Waals surface area contributed by atoms with Gasteiger partial charge in [0.1, 0.15) is 26.4 Å². The van der Waals surface area contributed by atoms with Crippen LogP contribution in [0.15, 0.2) is 0 Å². The van der Waals surface area contributed by atoms with Gasteiger partial charge in [-0.05, 0) is 0 Å². The van der Waals surface area contributed by atoms with Gasteiger partial charge in [-0.1, -0.05) is 26.2 Å². The molecule has 0 bridgehead atoms. The van der Waals surface area contributed by atoms with E-state index < -0.39 is 0 Å². The monoisotopic (exact) mass is 459 g/mol. The molecule has 0 amide bonds. The third kappa shape index (κ3) is 14.7. The van der Waals surface area contributed by atoms with Crippen molar-refractivity contribution in [2.75, 3.05) is 79.0 Å². The molecule has 0 spiro atoms. The number of nitrogens with zero attached hydrogens (tertiary/aromatic N) is 2. The van der Waals surface area contributed by atoms with E-state index in [0.29, 0.717) is 0 Å². The minimum absolute atomic E-state index is 0. The van der Waals surface area contributed by atoms with Crippen LogP contribution in [0.4, 0.5) is 0 Å². The van der Waals surface area contributed by atoms with E-state index in [4.69, 9.17) is 0 Å². The normalized spacial score (nSPS) is 22.7. The molecule has 7 heteroatoms. The van der Waals surface area contributed by atoms with Crippen molar-refractivity contribution in [3.8, 4) is 0 Å². The molecule has 0 aliphatic carbocycles. The molecule has 1 saturated heterocycles. The first kappa shape index (κ1) is 19.4. The SMILES string of the molecule is C1C[OH+]CC[OH+]CC[N-]CC[OH+]CC[OH+]CC[N-]1.[Pt+4]. The minimum atomic E-state index is 0. The largest absolute Gasteiger partial charge is 4.00 e. The van der Waals surface area contributed by atoms with Crippen LogP contribution in [0.2, 0.25) is 0 Å². The first-order chi connectivity index (χ1) is 9.00. The van der Waals surface area contributed by atoms with Crippen molar-refractivity contribution in [1.29, 1.82) is 0 Å². The number of hydrogen-bond acceptors (Lipinski definition) is 0. The van der Waals surface area contributed by atoms with E-state index >= 15 is 0 Å². The molecule has 1 rings (SSSR count). The number of rotatable bonds is 0. The van der Waals surface area contributed by atoms with E-state index in [2.05, 4.69) is 29.6 Å². The predicted molar refractivity (Wildman–Crippen MR) is 74.0 cm³/mol. The summed E-state index contributed by atoms with van der Waals surface area (Å²) in [6, 6.07) is 0. The van der Waals surface area contributed by atoms with Gasteiger partial charge in [-0.25, -0.2) is 0 Å². The van der Waals surface area contributed by atoms with Gasteiger partial charge in [0.2, 0.25) is 26.4 Å². The Morgan fingerprint density at radius 1 is 0.421 bits per heavy atom. The van der Waals surface area contributed by atoms with Gasteiger partial charge in [-0.15, -0.1) is 0 Å². The van der Waals surface area contributed by atoms with Crippen LogP contribution < -0.4 is 0 Å². The first-order valence-electron chi connectivity index (χ1n) is 6.79. The van der Waals surface area contributed by atoms with Gasteiger partial charge < -0.3 is 29.6 Å². The van der Waals surface area contributed by atoms with Crippen molar-refractivity contribution in [3.05, 3.63) is 10.6 Å². The Hall–Kier alpha value is 0.448. The third-order valence-corrected chi connectivity index (χ3v) is 2.50. The molecular weight excluding hydrogens is 431 g/mol. The molecule has 0 saturated carbocycles. The smallest absolute Gasteiger partial charge is 0.650 e. The molecule has 1 aliphatic rings. The maximum absolute atomic E-state index is 4.37. The molecule has 0 atom stereocenters. The van der Waals surface area contributed by atoms with E-state index in [-0.39, 0.29) is 21.1 Å². The maximum atomic E-state index is 4.37.